The van der Waals surface area contributed by atoms with Gasteiger partial charge in [0.05, 0.1) is 37.1 Å². The van der Waals surface area contributed by atoms with Gasteiger partial charge in [-0.2, -0.15) is 0 Å². The second-order valence-electron chi connectivity index (χ2n) is 9.07. The van der Waals surface area contributed by atoms with Crippen LogP contribution >= 0.6 is 0 Å². The zero-order valence-corrected chi connectivity index (χ0v) is 18.1. The zero-order chi connectivity index (χ0) is 20.5. The fourth-order valence-electron chi connectivity index (χ4n) is 4.95. The molecule has 0 aromatic heterocycles. The van der Waals surface area contributed by atoms with Gasteiger partial charge in [0.25, 0.3) is 0 Å². The molecule has 29 heavy (non-hydrogen) atoms. The van der Waals surface area contributed by atoms with Gasteiger partial charge in [0, 0.05) is 12.6 Å². The lowest BCUT2D eigenvalue weighted by Crippen LogP contribution is -2.71. The standard InChI is InChI=1S/C22H32N2O4S/c1-23(19-10-6-3-7-11-19)13-20-14-28-22(17-29(20,26)27)15-24(16-22)21(25)12-18-8-4-2-5-9-18/h2,4-5,8-9,19-20H,3,6-7,10-17H2,1H3/t20-/m0/s1. The Hall–Kier alpha value is -1.44. The van der Waals surface area contributed by atoms with E-state index in [1.807, 2.05) is 37.4 Å². The van der Waals surface area contributed by atoms with Crippen molar-refractivity contribution >= 4 is 15.7 Å². The fourth-order valence-corrected chi connectivity index (χ4v) is 6.92. The smallest absolute Gasteiger partial charge is 0.227 e. The number of rotatable bonds is 5. The maximum absolute atomic E-state index is 13.0. The molecule has 7 heteroatoms. The van der Waals surface area contributed by atoms with E-state index >= 15 is 0 Å². The van der Waals surface area contributed by atoms with E-state index in [1.54, 1.807) is 4.90 Å². The molecule has 3 fully saturated rings. The molecule has 1 aromatic rings. The van der Waals surface area contributed by atoms with E-state index in [9.17, 15) is 13.2 Å². The van der Waals surface area contributed by atoms with E-state index < -0.39 is 20.7 Å². The van der Waals surface area contributed by atoms with Gasteiger partial charge in [-0.15, -0.1) is 0 Å². The molecule has 1 atom stereocenters. The van der Waals surface area contributed by atoms with Gasteiger partial charge in [-0.25, -0.2) is 8.42 Å². The second-order valence-corrected chi connectivity index (χ2v) is 11.3. The van der Waals surface area contributed by atoms with Crippen molar-refractivity contribution in [1.29, 1.82) is 0 Å². The summed E-state index contributed by atoms with van der Waals surface area (Å²) in [5.74, 6) is 0.0557. The molecule has 0 radical (unpaired) electrons. The lowest BCUT2D eigenvalue weighted by atomic mass is 9.94. The lowest BCUT2D eigenvalue weighted by molar-refractivity contribution is -0.164. The first-order valence-electron chi connectivity index (χ1n) is 10.7. The minimum absolute atomic E-state index is 0.0261. The van der Waals surface area contributed by atoms with Crippen LogP contribution in [-0.2, 0) is 25.8 Å². The first-order chi connectivity index (χ1) is 13.9. The average Bonchev–Trinajstić information content (AvgIpc) is 2.68. The summed E-state index contributed by atoms with van der Waals surface area (Å²) in [5, 5.41) is -0.464. The minimum atomic E-state index is -3.24. The molecule has 1 aromatic carbocycles. The third-order valence-corrected chi connectivity index (χ3v) is 8.98. The number of hydrogen-bond acceptors (Lipinski definition) is 5. The maximum Gasteiger partial charge on any atom is 0.227 e. The van der Waals surface area contributed by atoms with E-state index in [1.165, 1.54) is 19.3 Å². The third-order valence-electron chi connectivity index (χ3n) is 6.75. The van der Waals surface area contributed by atoms with Gasteiger partial charge in [-0.3, -0.25) is 4.79 Å². The van der Waals surface area contributed by atoms with Gasteiger partial charge in [0.15, 0.2) is 9.84 Å². The predicted octanol–water partition coefficient (Wildman–Crippen LogP) is 1.89. The van der Waals surface area contributed by atoms with Crippen LogP contribution in [0.2, 0.25) is 0 Å². The Morgan fingerprint density at radius 2 is 1.86 bits per heavy atom. The molecule has 1 amide bonds. The van der Waals surface area contributed by atoms with Gasteiger partial charge >= 0.3 is 0 Å². The highest BCUT2D eigenvalue weighted by atomic mass is 32.2. The van der Waals surface area contributed by atoms with Crippen LogP contribution in [0.3, 0.4) is 0 Å². The molecule has 2 aliphatic heterocycles. The Morgan fingerprint density at radius 3 is 2.52 bits per heavy atom. The van der Waals surface area contributed by atoms with E-state index in [0.29, 0.717) is 32.1 Å². The molecule has 1 spiro atoms. The molecule has 2 heterocycles. The number of nitrogens with zero attached hydrogens (tertiary/aromatic N) is 2. The topological polar surface area (TPSA) is 66.9 Å². The van der Waals surface area contributed by atoms with Crippen molar-refractivity contribution < 1.29 is 17.9 Å². The van der Waals surface area contributed by atoms with Crippen molar-refractivity contribution in [3.63, 3.8) is 0 Å². The largest absolute Gasteiger partial charge is 0.369 e. The van der Waals surface area contributed by atoms with Gasteiger partial charge in [0.2, 0.25) is 5.91 Å². The van der Waals surface area contributed by atoms with E-state index in [0.717, 1.165) is 18.4 Å². The summed E-state index contributed by atoms with van der Waals surface area (Å²) in [7, 11) is -1.19. The zero-order valence-electron chi connectivity index (χ0n) is 17.3. The monoisotopic (exact) mass is 420 g/mol. The molecule has 1 saturated carbocycles. The van der Waals surface area contributed by atoms with Crippen molar-refractivity contribution in [3.05, 3.63) is 35.9 Å². The van der Waals surface area contributed by atoms with Crippen LogP contribution in [0, 0.1) is 0 Å². The first kappa shape index (κ1) is 20.8. The van der Waals surface area contributed by atoms with Crippen LogP contribution in [0.25, 0.3) is 0 Å². The van der Waals surface area contributed by atoms with Crippen molar-refractivity contribution in [2.45, 2.75) is 55.4 Å². The fraction of sp³-hybridized carbons (Fsp3) is 0.682. The van der Waals surface area contributed by atoms with Gasteiger partial charge in [-0.05, 0) is 25.5 Å². The van der Waals surface area contributed by atoms with Crippen LogP contribution in [0.4, 0.5) is 0 Å². The van der Waals surface area contributed by atoms with E-state index in [2.05, 4.69) is 4.90 Å². The number of amides is 1. The third kappa shape index (κ3) is 4.67. The maximum atomic E-state index is 13.0. The molecule has 4 rings (SSSR count). The summed E-state index contributed by atoms with van der Waals surface area (Å²) in [4.78, 5) is 16.4. The molecule has 2 saturated heterocycles. The molecular weight excluding hydrogens is 388 g/mol. The number of sulfone groups is 1. The van der Waals surface area contributed by atoms with Crippen LogP contribution in [0.1, 0.15) is 37.7 Å². The predicted molar refractivity (Wildman–Crippen MR) is 112 cm³/mol. The van der Waals surface area contributed by atoms with Gasteiger partial charge in [-0.1, -0.05) is 49.6 Å². The SMILES string of the molecule is CN(C[C@H]1COC2(CN(C(=O)Cc3ccccc3)C2)CS1(=O)=O)C1CCCCC1. The number of carbonyl (C=O) groups excluding carboxylic acids is 1. The normalized spacial score (nSPS) is 26.4. The lowest BCUT2D eigenvalue weighted by Gasteiger charge is -2.52. The molecule has 0 N–H and O–H groups in total. The molecule has 1 aliphatic carbocycles. The Kier molecular flexibility index (Phi) is 6.00. The molecular formula is C22H32N2O4S. The number of benzene rings is 1. The van der Waals surface area contributed by atoms with Crippen LogP contribution < -0.4 is 0 Å². The number of likely N-dealkylation sites (tertiary alicyclic amines) is 1. The highest BCUT2D eigenvalue weighted by Crippen LogP contribution is 2.33. The first-order valence-corrected chi connectivity index (χ1v) is 12.5. The van der Waals surface area contributed by atoms with Crippen molar-refractivity contribution in [2.24, 2.45) is 0 Å². The Morgan fingerprint density at radius 1 is 1.17 bits per heavy atom. The summed E-state index contributed by atoms with van der Waals surface area (Å²) in [6, 6.07) is 10.1. The molecule has 6 nitrogen and oxygen atoms in total. The highest BCUT2D eigenvalue weighted by molar-refractivity contribution is 7.92. The van der Waals surface area contributed by atoms with E-state index in [4.69, 9.17) is 4.74 Å². The molecule has 0 bridgehead atoms. The summed E-state index contributed by atoms with van der Waals surface area (Å²) in [5.41, 5.74) is 0.270. The number of carbonyl (C=O) groups is 1. The molecule has 0 unspecified atom stereocenters. The Balaban J connectivity index is 1.30. The summed E-state index contributed by atoms with van der Waals surface area (Å²) < 4.78 is 32.0. The molecule has 160 valence electrons. The van der Waals surface area contributed by atoms with Crippen molar-refractivity contribution in [1.82, 2.24) is 9.80 Å². The van der Waals surface area contributed by atoms with Crippen molar-refractivity contribution in [2.75, 3.05) is 39.0 Å². The summed E-state index contributed by atoms with van der Waals surface area (Å²) in [6.07, 6.45) is 6.42. The number of ether oxygens (including phenoxy) is 1. The minimum Gasteiger partial charge on any atom is -0.369 e. The van der Waals surface area contributed by atoms with Crippen LogP contribution in [0.5, 0.6) is 0 Å². The average molecular weight is 421 g/mol. The van der Waals surface area contributed by atoms with Gasteiger partial charge < -0.3 is 14.5 Å². The van der Waals surface area contributed by atoms with Crippen LogP contribution in [-0.4, -0.2) is 80.1 Å². The summed E-state index contributed by atoms with van der Waals surface area (Å²) in [6.45, 7) is 1.53. The Bertz CT molecular complexity index is 814. The van der Waals surface area contributed by atoms with E-state index in [-0.39, 0.29) is 18.3 Å². The Labute approximate surface area is 174 Å². The summed E-state index contributed by atoms with van der Waals surface area (Å²) >= 11 is 0. The second kappa shape index (κ2) is 8.36. The van der Waals surface area contributed by atoms with Gasteiger partial charge in [0.1, 0.15) is 5.60 Å². The van der Waals surface area contributed by atoms with Crippen molar-refractivity contribution in [3.8, 4) is 0 Å². The number of hydrogen-bond donors (Lipinski definition) is 0. The van der Waals surface area contributed by atoms with Crippen LogP contribution in [0.15, 0.2) is 30.3 Å². The molecule has 3 aliphatic rings. The quantitative estimate of drug-likeness (QED) is 0.728. The highest BCUT2D eigenvalue weighted by Gasteiger charge is 2.53.